The van der Waals surface area contributed by atoms with Crippen LogP contribution in [0.3, 0.4) is 0 Å². The first-order chi connectivity index (χ1) is 20.4. The van der Waals surface area contributed by atoms with Crippen LogP contribution in [-0.4, -0.2) is 93.8 Å². The maximum absolute atomic E-state index is 13.1. The standard InChI is InChI=1S/C30H35NO11/c1-15-13-17-21(22(33)20-16(23(17)34-2)5-3-6-18(20)32)24-19(15)25-26-29(40-24,38-12-11-35-10-7-31)28(14-39-28)30(41-25,42-26)27-36-8-4-9-37-27/h13,25-27,33H,3-12,14,31H2,1-2H3/t25?,26?,28-,29+,30?/m0/s1. The minimum Gasteiger partial charge on any atom is -0.506 e. The lowest BCUT2D eigenvalue weighted by atomic mass is 9.78. The second kappa shape index (κ2) is 9.47. The van der Waals surface area contributed by atoms with Crippen molar-refractivity contribution in [3.05, 3.63) is 28.3 Å². The molecule has 12 heteroatoms. The fourth-order valence-electron chi connectivity index (χ4n) is 7.66. The predicted octanol–water partition coefficient (Wildman–Crippen LogP) is 2.16. The first-order valence-corrected chi connectivity index (χ1v) is 14.7. The Hall–Kier alpha value is -2.55. The molecule has 8 rings (SSSR count). The first kappa shape index (κ1) is 27.0. The molecule has 2 aromatic rings. The van der Waals surface area contributed by atoms with Gasteiger partial charge in [-0.1, -0.05) is 0 Å². The summed E-state index contributed by atoms with van der Waals surface area (Å²) in [7, 11) is 1.58. The van der Waals surface area contributed by atoms with E-state index in [4.69, 9.17) is 48.4 Å². The molecular formula is C30H35NO11. The van der Waals surface area contributed by atoms with Crippen LogP contribution in [0.5, 0.6) is 17.2 Å². The Labute approximate surface area is 242 Å². The first-order valence-electron chi connectivity index (χ1n) is 14.7. The van der Waals surface area contributed by atoms with Crippen molar-refractivity contribution >= 4 is 16.6 Å². The summed E-state index contributed by atoms with van der Waals surface area (Å²) >= 11 is 0. The number of epoxide rings is 1. The molecule has 226 valence electrons. The highest BCUT2D eigenvalue weighted by atomic mass is 16.9. The molecule has 2 aromatic carbocycles. The summed E-state index contributed by atoms with van der Waals surface area (Å²) in [6.45, 7) is 4.33. The molecule has 42 heavy (non-hydrogen) atoms. The molecule has 5 aliphatic heterocycles. The molecule has 0 saturated carbocycles. The maximum atomic E-state index is 13.1. The lowest BCUT2D eigenvalue weighted by Gasteiger charge is -2.50. The Bertz CT molecular complexity index is 1470. The molecule has 6 aliphatic rings. The van der Waals surface area contributed by atoms with Crippen LogP contribution in [0.1, 0.15) is 52.4 Å². The summed E-state index contributed by atoms with van der Waals surface area (Å²) in [6, 6.07) is 1.95. The number of carbonyl (C=O) groups is 1. The highest BCUT2D eigenvalue weighted by molar-refractivity contribution is 6.11. The van der Waals surface area contributed by atoms with Gasteiger partial charge in [0.2, 0.25) is 11.9 Å². The number of rotatable bonds is 8. The number of hydrogen-bond acceptors (Lipinski definition) is 12. The van der Waals surface area contributed by atoms with Gasteiger partial charge in [0, 0.05) is 29.5 Å². The average Bonchev–Trinajstić information content (AvgIpc) is 3.65. The van der Waals surface area contributed by atoms with Crippen LogP contribution in [0, 0.1) is 6.92 Å². The molecule has 5 atom stereocenters. The van der Waals surface area contributed by atoms with Gasteiger partial charge in [-0.05, 0) is 37.8 Å². The number of ketones is 1. The summed E-state index contributed by atoms with van der Waals surface area (Å²) in [5, 5.41) is 12.8. The van der Waals surface area contributed by atoms with Gasteiger partial charge >= 0.3 is 0 Å². The zero-order valence-electron chi connectivity index (χ0n) is 23.7. The fraction of sp³-hybridized carbons (Fsp3) is 0.633. The topological polar surface area (TPSA) is 150 Å². The number of carbonyl (C=O) groups excluding carboxylic acids is 1. The van der Waals surface area contributed by atoms with E-state index in [0.29, 0.717) is 79.0 Å². The van der Waals surface area contributed by atoms with E-state index in [-0.39, 0.29) is 36.9 Å². The van der Waals surface area contributed by atoms with Crippen LogP contribution >= 0.6 is 0 Å². The molecule has 3 N–H and O–H groups in total. The number of aromatic hydroxyl groups is 1. The molecule has 1 aliphatic carbocycles. The summed E-state index contributed by atoms with van der Waals surface area (Å²) in [5.41, 5.74) is 6.92. The van der Waals surface area contributed by atoms with Crippen LogP contribution in [-0.2, 0) is 39.6 Å². The van der Waals surface area contributed by atoms with Gasteiger partial charge in [-0.3, -0.25) is 4.79 Å². The highest BCUT2D eigenvalue weighted by Gasteiger charge is 2.93. The maximum Gasteiger partial charge on any atom is 0.277 e. The van der Waals surface area contributed by atoms with Gasteiger partial charge in [-0.2, -0.15) is 0 Å². The number of benzene rings is 2. The molecule has 4 fully saturated rings. The number of phenolic OH excluding ortho intramolecular Hbond substituents is 1. The number of methoxy groups -OCH3 is 1. The number of nitrogens with two attached hydrogens (primary N) is 1. The summed E-state index contributed by atoms with van der Waals surface area (Å²) in [6.07, 6.45) is 0.163. The minimum absolute atomic E-state index is 0.128. The van der Waals surface area contributed by atoms with Crippen molar-refractivity contribution < 1.29 is 52.5 Å². The normalized spacial score (nSPS) is 34.5. The van der Waals surface area contributed by atoms with Crippen LogP contribution in [0.25, 0.3) is 10.8 Å². The number of aryl methyl sites for hydroxylation is 1. The second-order valence-corrected chi connectivity index (χ2v) is 11.7. The van der Waals surface area contributed by atoms with Gasteiger partial charge in [0.05, 0.1) is 57.7 Å². The molecule has 0 amide bonds. The number of fused-ring (bicyclic) bond motifs is 8. The average molecular weight is 586 g/mol. The van der Waals surface area contributed by atoms with E-state index in [0.717, 1.165) is 12.0 Å². The molecule has 2 bridgehead atoms. The molecular weight excluding hydrogens is 550 g/mol. The van der Waals surface area contributed by atoms with Crippen LogP contribution < -0.4 is 15.2 Å². The van der Waals surface area contributed by atoms with E-state index in [1.807, 2.05) is 13.0 Å². The lowest BCUT2D eigenvalue weighted by molar-refractivity contribution is -0.367. The van der Waals surface area contributed by atoms with Crippen molar-refractivity contribution in [1.82, 2.24) is 0 Å². The zero-order chi connectivity index (χ0) is 28.9. The third-order valence-corrected chi connectivity index (χ3v) is 9.43. The molecule has 0 aromatic heterocycles. The number of phenols is 1. The number of ether oxygens (including phenoxy) is 9. The molecule has 5 heterocycles. The smallest absolute Gasteiger partial charge is 0.277 e. The Balaban J connectivity index is 1.33. The van der Waals surface area contributed by atoms with E-state index in [9.17, 15) is 9.90 Å². The fourth-order valence-corrected chi connectivity index (χ4v) is 7.66. The number of hydrogen-bond donors (Lipinski definition) is 2. The third-order valence-electron chi connectivity index (χ3n) is 9.43. The summed E-state index contributed by atoms with van der Waals surface area (Å²) < 4.78 is 56.8. The SMILES string of the molecule is COc1c2c(c(O)c3c4c(c(C)cc13)C1OC3(C5OCCCO5)OC1[C@@](OCCOCCN)(O4)[C@@]31CO1)C(=O)CCC2. The van der Waals surface area contributed by atoms with Gasteiger partial charge in [0.15, 0.2) is 11.9 Å². The van der Waals surface area contributed by atoms with Crippen LogP contribution in [0.2, 0.25) is 0 Å². The zero-order valence-corrected chi connectivity index (χ0v) is 23.7. The van der Waals surface area contributed by atoms with Crippen molar-refractivity contribution in [3.63, 3.8) is 0 Å². The Morgan fingerprint density at radius 3 is 2.67 bits per heavy atom. The second-order valence-electron chi connectivity index (χ2n) is 11.7. The quantitative estimate of drug-likeness (QED) is 0.345. The Kier molecular flexibility index (Phi) is 6.10. The van der Waals surface area contributed by atoms with Gasteiger partial charge in [-0.15, -0.1) is 0 Å². The Morgan fingerprint density at radius 1 is 1.12 bits per heavy atom. The summed E-state index contributed by atoms with van der Waals surface area (Å²) in [5.74, 6) is -2.27. The summed E-state index contributed by atoms with van der Waals surface area (Å²) in [4.78, 5) is 13.1. The van der Waals surface area contributed by atoms with Gasteiger partial charge in [0.1, 0.15) is 23.4 Å². The predicted molar refractivity (Wildman–Crippen MR) is 144 cm³/mol. The van der Waals surface area contributed by atoms with E-state index in [1.165, 1.54) is 0 Å². The van der Waals surface area contributed by atoms with Crippen molar-refractivity contribution in [3.8, 4) is 17.2 Å². The van der Waals surface area contributed by atoms with Gasteiger partial charge in [-0.25, -0.2) is 0 Å². The van der Waals surface area contributed by atoms with E-state index in [2.05, 4.69) is 0 Å². The monoisotopic (exact) mass is 585 g/mol. The van der Waals surface area contributed by atoms with Crippen LogP contribution in [0.15, 0.2) is 6.07 Å². The van der Waals surface area contributed by atoms with E-state index >= 15 is 0 Å². The largest absolute Gasteiger partial charge is 0.506 e. The molecule has 3 unspecified atom stereocenters. The van der Waals surface area contributed by atoms with Crippen LogP contribution in [0.4, 0.5) is 0 Å². The van der Waals surface area contributed by atoms with Gasteiger partial charge < -0.3 is 53.5 Å². The van der Waals surface area contributed by atoms with Gasteiger partial charge in [0.25, 0.3) is 11.6 Å². The third kappa shape index (κ3) is 3.26. The van der Waals surface area contributed by atoms with Crippen molar-refractivity contribution in [2.75, 3.05) is 53.3 Å². The molecule has 1 spiro atoms. The molecule has 4 saturated heterocycles. The highest BCUT2D eigenvalue weighted by Crippen LogP contribution is 2.72. The lowest BCUT2D eigenvalue weighted by Crippen LogP contribution is -2.70. The minimum atomic E-state index is -1.49. The van der Waals surface area contributed by atoms with E-state index < -0.39 is 35.7 Å². The Morgan fingerprint density at radius 2 is 1.93 bits per heavy atom. The number of Topliss-reactive ketones (excluding diaryl/α,β-unsaturated/α-hetero) is 1. The van der Waals surface area contributed by atoms with Crippen molar-refractivity contribution in [2.45, 2.75) is 68.3 Å². The van der Waals surface area contributed by atoms with E-state index in [1.54, 1.807) is 7.11 Å². The van der Waals surface area contributed by atoms with Crippen molar-refractivity contribution in [1.29, 1.82) is 0 Å². The molecule has 0 radical (unpaired) electrons. The molecule has 12 nitrogen and oxygen atoms in total. The van der Waals surface area contributed by atoms with Crippen molar-refractivity contribution in [2.24, 2.45) is 5.73 Å².